The van der Waals surface area contributed by atoms with Gasteiger partial charge in [-0.1, -0.05) is 30.3 Å². The van der Waals surface area contributed by atoms with Gasteiger partial charge in [-0.3, -0.25) is 0 Å². The lowest BCUT2D eigenvalue weighted by Crippen LogP contribution is -2.39. The van der Waals surface area contributed by atoms with E-state index >= 15 is 0 Å². The molecule has 0 saturated carbocycles. The van der Waals surface area contributed by atoms with Gasteiger partial charge < -0.3 is 15.4 Å². The van der Waals surface area contributed by atoms with Gasteiger partial charge in [0.25, 0.3) is 0 Å². The van der Waals surface area contributed by atoms with Crippen LogP contribution in [-0.2, 0) is 11.2 Å². The van der Waals surface area contributed by atoms with Crippen LogP contribution in [0.3, 0.4) is 0 Å². The lowest BCUT2D eigenvalue weighted by molar-refractivity contribution is 0.114. The molecule has 0 spiro atoms. The summed E-state index contributed by atoms with van der Waals surface area (Å²) in [5.41, 5.74) is 1.41. The molecule has 1 heterocycles. The molecule has 1 unspecified atom stereocenters. The van der Waals surface area contributed by atoms with E-state index in [0.717, 1.165) is 44.1 Å². The van der Waals surface area contributed by atoms with Crippen LogP contribution in [0.4, 0.5) is 0 Å². The van der Waals surface area contributed by atoms with Crippen LogP contribution < -0.4 is 10.6 Å². The summed E-state index contributed by atoms with van der Waals surface area (Å²) in [6.07, 6.45) is 6.12. The number of thiocarbonyl (C=S) groups is 1. The van der Waals surface area contributed by atoms with E-state index in [1.54, 1.807) is 0 Å². The van der Waals surface area contributed by atoms with Crippen LogP contribution in [-0.4, -0.2) is 30.9 Å². The zero-order valence-electron chi connectivity index (χ0n) is 11.9. The summed E-state index contributed by atoms with van der Waals surface area (Å²) in [5.74, 6) is 0. The smallest absolute Gasteiger partial charge is 0.166 e. The normalized spacial score (nSPS) is 17.9. The van der Waals surface area contributed by atoms with Crippen molar-refractivity contribution in [3.05, 3.63) is 35.9 Å². The van der Waals surface area contributed by atoms with E-state index < -0.39 is 0 Å². The Bertz CT molecular complexity index is 391. The third-order valence-electron chi connectivity index (χ3n) is 3.53. The van der Waals surface area contributed by atoms with E-state index in [2.05, 4.69) is 41.0 Å². The topological polar surface area (TPSA) is 33.3 Å². The van der Waals surface area contributed by atoms with Gasteiger partial charge in [-0.25, -0.2) is 0 Å². The number of unbranched alkanes of at least 4 members (excludes halogenated alkanes) is 1. The highest BCUT2D eigenvalue weighted by Crippen LogP contribution is 2.10. The molecule has 2 N–H and O–H groups in total. The molecule has 0 amide bonds. The second-order valence-corrected chi connectivity index (χ2v) is 5.62. The Morgan fingerprint density at radius 2 is 2.05 bits per heavy atom. The van der Waals surface area contributed by atoms with E-state index in [0.29, 0.717) is 6.10 Å². The first-order chi connectivity index (χ1) is 9.84. The summed E-state index contributed by atoms with van der Waals surface area (Å²) in [5, 5.41) is 7.24. The Hall–Kier alpha value is -1.13. The van der Waals surface area contributed by atoms with Gasteiger partial charge in [-0.2, -0.15) is 0 Å². The number of rotatable bonds is 7. The molecule has 3 nitrogen and oxygen atoms in total. The molecule has 1 saturated heterocycles. The lowest BCUT2D eigenvalue weighted by atomic mass is 10.1. The highest BCUT2D eigenvalue weighted by molar-refractivity contribution is 7.80. The van der Waals surface area contributed by atoms with Crippen LogP contribution in [0.2, 0.25) is 0 Å². The molecule has 1 aromatic rings. The van der Waals surface area contributed by atoms with Crippen molar-refractivity contribution in [2.75, 3.05) is 19.7 Å². The molecule has 1 atom stereocenters. The average Bonchev–Trinajstić information content (AvgIpc) is 2.99. The van der Waals surface area contributed by atoms with E-state index in [1.807, 2.05) is 0 Å². The van der Waals surface area contributed by atoms with E-state index in [9.17, 15) is 0 Å². The highest BCUT2D eigenvalue weighted by Gasteiger charge is 2.14. The molecule has 1 aliphatic rings. The van der Waals surface area contributed by atoms with E-state index in [1.165, 1.54) is 18.4 Å². The Morgan fingerprint density at radius 1 is 1.20 bits per heavy atom. The molecule has 0 radical (unpaired) electrons. The Morgan fingerprint density at radius 3 is 2.80 bits per heavy atom. The molecule has 1 aromatic carbocycles. The first-order valence-corrected chi connectivity index (χ1v) is 7.92. The molecule has 0 aliphatic carbocycles. The molecule has 20 heavy (non-hydrogen) atoms. The van der Waals surface area contributed by atoms with Crippen LogP contribution >= 0.6 is 12.2 Å². The van der Waals surface area contributed by atoms with E-state index in [-0.39, 0.29) is 0 Å². The van der Waals surface area contributed by atoms with Crippen LogP contribution in [0.1, 0.15) is 31.2 Å². The van der Waals surface area contributed by atoms with Gasteiger partial charge >= 0.3 is 0 Å². The fraction of sp³-hybridized carbons (Fsp3) is 0.562. The summed E-state index contributed by atoms with van der Waals surface area (Å²) >= 11 is 5.25. The largest absolute Gasteiger partial charge is 0.376 e. The minimum absolute atomic E-state index is 0.341. The van der Waals surface area contributed by atoms with Crippen molar-refractivity contribution in [3.8, 4) is 0 Å². The van der Waals surface area contributed by atoms with Crippen molar-refractivity contribution in [3.63, 3.8) is 0 Å². The first-order valence-electron chi connectivity index (χ1n) is 7.52. The summed E-state index contributed by atoms with van der Waals surface area (Å²) in [6, 6.07) is 10.6. The third-order valence-corrected chi connectivity index (χ3v) is 3.82. The lowest BCUT2D eigenvalue weighted by Gasteiger charge is -2.13. The average molecular weight is 292 g/mol. The van der Waals surface area contributed by atoms with Crippen molar-refractivity contribution < 1.29 is 4.74 Å². The second-order valence-electron chi connectivity index (χ2n) is 5.21. The predicted molar refractivity (Wildman–Crippen MR) is 87.0 cm³/mol. The molecule has 2 rings (SSSR count). The Kier molecular flexibility index (Phi) is 6.81. The number of hydrogen-bond acceptors (Lipinski definition) is 2. The number of hydrogen-bond donors (Lipinski definition) is 2. The monoisotopic (exact) mass is 292 g/mol. The third kappa shape index (κ3) is 5.88. The zero-order valence-corrected chi connectivity index (χ0v) is 12.8. The summed E-state index contributed by atoms with van der Waals surface area (Å²) in [6.45, 7) is 2.66. The van der Waals surface area contributed by atoms with Gasteiger partial charge in [0.05, 0.1) is 6.10 Å². The quantitative estimate of drug-likeness (QED) is 0.598. The molecule has 1 aliphatic heterocycles. The van der Waals surface area contributed by atoms with Crippen molar-refractivity contribution in [1.29, 1.82) is 0 Å². The Labute approximate surface area is 127 Å². The Balaban J connectivity index is 1.47. The number of ether oxygens (including phenoxy) is 1. The van der Waals surface area contributed by atoms with E-state index in [4.69, 9.17) is 17.0 Å². The van der Waals surface area contributed by atoms with Crippen LogP contribution in [0, 0.1) is 0 Å². The van der Waals surface area contributed by atoms with Gasteiger partial charge in [0, 0.05) is 19.7 Å². The van der Waals surface area contributed by atoms with Gasteiger partial charge in [0.1, 0.15) is 0 Å². The van der Waals surface area contributed by atoms with Crippen molar-refractivity contribution in [1.82, 2.24) is 10.6 Å². The molecule has 0 bridgehead atoms. The molecule has 4 heteroatoms. The van der Waals surface area contributed by atoms with Crippen LogP contribution in [0.15, 0.2) is 30.3 Å². The van der Waals surface area contributed by atoms with Gasteiger partial charge in [-0.15, -0.1) is 0 Å². The fourth-order valence-electron chi connectivity index (χ4n) is 2.38. The van der Waals surface area contributed by atoms with Gasteiger partial charge in [-0.05, 0) is 49.9 Å². The van der Waals surface area contributed by atoms with Gasteiger partial charge in [0.15, 0.2) is 5.11 Å². The standard InChI is InChI=1S/C16H24N2OS/c20-16(18-13-15-10-6-12-19-15)17-11-5-4-9-14-7-2-1-3-8-14/h1-3,7-8,15H,4-6,9-13H2,(H2,17,18,20). The maximum absolute atomic E-state index is 5.55. The number of nitrogens with one attached hydrogen (secondary N) is 2. The molecule has 1 fully saturated rings. The van der Waals surface area contributed by atoms with Crippen LogP contribution in [0.25, 0.3) is 0 Å². The summed E-state index contributed by atoms with van der Waals surface area (Å²) < 4.78 is 5.55. The predicted octanol–water partition coefficient (Wildman–Crippen LogP) is 2.65. The maximum Gasteiger partial charge on any atom is 0.166 e. The molecule has 110 valence electrons. The molecule has 0 aromatic heterocycles. The van der Waals surface area contributed by atoms with Crippen molar-refractivity contribution in [2.45, 2.75) is 38.2 Å². The number of benzene rings is 1. The maximum atomic E-state index is 5.55. The summed E-state index contributed by atoms with van der Waals surface area (Å²) in [4.78, 5) is 0. The number of aryl methyl sites for hydroxylation is 1. The highest BCUT2D eigenvalue weighted by atomic mass is 32.1. The fourth-order valence-corrected chi connectivity index (χ4v) is 2.56. The molecular weight excluding hydrogens is 268 g/mol. The zero-order chi connectivity index (χ0) is 14.0. The van der Waals surface area contributed by atoms with Gasteiger partial charge in [0.2, 0.25) is 0 Å². The van der Waals surface area contributed by atoms with Crippen molar-refractivity contribution in [2.24, 2.45) is 0 Å². The molecular formula is C16H24N2OS. The first kappa shape index (κ1) is 15.3. The summed E-state index contributed by atoms with van der Waals surface area (Å²) in [7, 11) is 0. The second kappa shape index (κ2) is 8.93. The van der Waals surface area contributed by atoms with Crippen molar-refractivity contribution >= 4 is 17.3 Å². The SMILES string of the molecule is S=C(NCCCCc1ccccc1)NCC1CCCO1. The minimum Gasteiger partial charge on any atom is -0.376 e. The van der Waals surface area contributed by atoms with Crippen LogP contribution in [0.5, 0.6) is 0 Å². The minimum atomic E-state index is 0.341.